The molecule has 0 atom stereocenters. The van der Waals surface area contributed by atoms with Crippen molar-refractivity contribution in [1.82, 2.24) is 5.48 Å². The normalized spacial score (nSPS) is 11.8. The second-order valence-electron chi connectivity index (χ2n) is 3.49. The topological polar surface area (TPSA) is 78.8 Å². The van der Waals surface area contributed by atoms with Gasteiger partial charge in [-0.05, 0) is 6.92 Å². The number of aliphatic hydroxyl groups is 2. The predicted molar refractivity (Wildman–Crippen MR) is 46.6 cm³/mol. The Hall–Kier alpha value is -0.650. The van der Waals surface area contributed by atoms with Gasteiger partial charge in [-0.15, -0.1) is 0 Å². The average Bonchev–Trinajstić information content (AvgIpc) is 2.13. The maximum atomic E-state index is 11.0. The molecule has 0 unspecified atom stereocenters. The lowest BCUT2D eigenvalue weighted by Gasteiger charge is -2.24. The summed E-state index contributed by atoms with van der Waals surface area (Å²) in [6.45, 7) is 4.21. The molecule has 0 saturated heterocycles. The molecule has 0 saturated carbocycles. The van der Waals surface area contributed by atoms with Gasteiger partial charge in [0.2, 0.25) is 5.91 Å². The van der Waals surface area contributed by atoms with Crippen LogP contribution in [-0.2, 0) is 9.63 Å². The van der Waals surface area contributed by atoms with Crippen molar-refractivity contribution < 1.29 is 19.8 Å². The molecule has 0 radical (unpaired) electrons. The van der Waals surface area contributed by atoms with Crippen LogP contribution in [0.15, 0.2) is 0 Å². The van der Waals surface area contributed by atoms with E-state index in [0.717, 1.165) is 0 Å². The van der Waals surface area contributed by atoms with Gasteiger partial charge in [-0.3, -0.25) is 9.63 Å². The maximum absolute atomic E-state index is 11.0. The fourth-order valence-corrected chi connectivity index (χ4v) is 0.406. The van der Waals surface area contributed by atoms with Crippen LogP contribution < -0.4 is 5.48 Å². The first kappa shape index (κ1) is 12.3. The first-order chi connectivity index (χ1) is 5.95. The average molecular weight is 191 g/mol. The van der Waals surface area contributed by atoms with Crippen LogP contribution in [0.3, 0.4) is 0 Å². The van der Waals surface area contributed by atoms with Crippen LogP contribution >= 0.6 is 0 Å². The summed E-state index contributed by atoms with van der Waals surface area (Å²) in [5.41, 5.74) is 1.05. The van der Waals surface area contributed by atoms with Gasteiger partial charge in [-0.25, -0.2) is 5.48 Å². The minimum atomic E-state index is -1.12. The summed E-state index contributed by atoms with van der Waals surface area (Å²) in [6.07, 6.45) is 0. The smallest absolute Gasteiger partial charge is 0.246 e. The second kappa shape index (κ2) is 5.16. The fraction of sp³-hybridized carbons (Fsp3) is 0.875. The van der Waals surface area contributed by atoms with Crippen LogP contribution in [-0.4, -0.2) is 34.9 Å². The van der Waals surface area contributed by atoms with E-state index in [9.17, 15) is 4.79 Å². The molecular formula is C8H17NO4. The number of hydroxylamine groups is 1. The first-order valence-corrected chi connectivity index (χ1v) is 4.15. The number of nitrogens with one attached hydrogen (secondary N) is 1. The van der Waals surface area contributed by atoms with Crippen LogP contribution in [0.2, 0.25) is 0 Å². The summed E-state index contributed by atoms with van der Waals surface area (Å²) in [4.78, 5) is 15.9. The lowest BCUT2D eigenvalue weighted by molar-refractivity contribution is -0.167. The van der Waals surface area contributed by atoms with Crippen molar-refractivity contribution in [3.63, 3.8) is 0 Å². The summed E-state index contributed by atoms with van der Waals surface area (Å²) in [5, 5.41) is 17.6. The molecule has 1 amide bonds. The molecule has 78 valence electrons. The van der Waals surface area contributed by atoms with E-state index in [1.54, 1.807) is 13.8 Å². The van der Waals surface area contributed by atoms with E-state index < -0.39 is 5.60 Å². The highest BCUT2D eigenvalue weighted by atomic mass is 16.7. The number of rotatable bonds is 5. The Morgan fingerprint density at radius 1 is 1.46 bits per heavy atom. The molecule has 0 rings (SSSR count). The summed E-state index contributed by atoms with van der Waals surface area (Å²) in [7, 11) is 0. The quantitative estimate of drug-likeness (QED) is 0.509. The molecule has 0 aliphatic heterocycles. The molecule has 5 heteroatoms. The summed E-state index contributed by atoms with van der Waals surface area (Å²) in [5.74, 6) is -0.477. The molecule has 3 N–H and O–H groups in total. The largest absolute Gasteiger partial charge is 0.393 e. The number of hydrogen-bond donors (Lipinski definition) is 3. The van der Waals surface area contributed by atoms with Gasteiger partial charge in [0.25, 0.3) is 0 Å². The van der Waals surface area contributed by atoms with Crippen molar-refractivity contribution in [2.45, 2.75) is 26.4 Å². The monoisotopic (exact) mass is 191 g/mol. The van der Waals surface area contributed by atoms with E-state index in [0.29, 0.717) is 0 Å². The van der Waals surface area contributed by atoms with E-state index in [4.69, 9.17) is 15.1 Å². The summed E-state index contributed by atoms with van der Waals surface area (Å²) < 4.78 is 0. The molecule has 0 aliphatic rings. The SMILES string of the molecule is CC(C)C(=O)NOC(C)(CO)CO. The Morgan fingerprint density at radius 2 is 1.92 bits per heavy atom. The second-order valence-corrected chi connectivity index (χ2v) is 3.49. The molecule has 5 nitrogen and oxygen atoms in total. The molecule has 0 aromatic carbocycles. The maximum Gasteiger partial charge on any atom is 0.246 e. The lowest BCUT2D eigenvalue weighted by atomic mass is 10.1. The van der Waals surface area contributed by atoms with Gasteiger partial charge in [0.15, 0.2) is 0 Å². The Morgan fingerprint density at radius 3 is 2.23 bits per heavy atom. The fourth-order valence-electron chi connectivity index (χ4n) is 0.406. The van der Waals surface area contributed by atoms with E-state index in [1.165, 1.54) is 6.92 Å². The predicted octanol–water partition coefficient (Wildman–Crippen LogP) is -0.567. The van der Waals surface area contributed by atoms with Crippen molar-refractivity contribution in [3.8, 4) is 0 Å². The Kier molecular flexibility index (Phi) is 4.90. The van der Waals surface area contributed by atoms with E-state index in [1.807, 2.05) is 0 Å². The Balaban J connectivity index is 3.92. The number of aliphatic hydroxyl groups excluding tert-OH is 2. The first-order valence-electron chi connectivity index (χ1n) is 4.15. The third-order valence-corrected chi connectivity index (χ3v) is 1.59. The van der Waals surface area contributed by atoms with Crippen molar-refractivity contribution in [2.24, 2.45) is 5.92 Å². The molecule has 0 aromatic heterocycles. The zero-order valence-electron chi connectivity index (χ0n) is 8.20. The minimum Gasteiger partial charge on any atom is -0.393 e. The number of hydrogen-bond acceptors (Lipinski definition) is 4. The van der Waals surface area contributed by atoms with Crippen molar-refractivity contribution in [3.05, 3.63) is 0 Å². The zero-order chi connectivity index (χ0) is 10.5. The molecule has 0 spiro atoms. The molecule has 0 aromatic rings. The minimum absolute atomic E-state index is 0.193. The van der Waals surface area contributed by atoms with Crippen LogP contribution in [0.5, 0.6) is 0 Å². The van der Waals surface area contributed by atoms with Crippen molar-refractivity contribution >= 4 is 5.91 Å². The Labute approximate surface area is 77.7 Å². The van der Waals surface area contributed by atoms with Gasteiger partial charge in [0, 0.05) is 5.92 Å². The Bertz CT molecular complexity index is 166. The lowest BCUT2D eigenvalue weighted by Crippen LogP contribution is -2.44. The number of carbonyl (C=O) groups is 1. The molecule has 0 aliphatic carbocycles. The van der Waals surface area contributed by atoms with Crippen molar-refractivity contribution in [2.75, 3.05) is 13.2 Å². The summed E-state index contributed by atoms with van der Waals surface area (Å²) >= 11 is 0. The van der Waals surface area contributed by atoms with E-state index in [-0.39, 0.29) is 25.0 Å². The van der Waals surface area contributed by atoms with Crippen LogP contribution in [0.4, 0.5) is 0 Å². The zero-order valence-corrected chi connectivity index (χ0v) is 8.20. The van der Waals surface area contributed by atoms with E-state index >= 15 is 0 Å². The van der Waals surface area contributed by atoms with Gasteiger partial charge in [0.1, 0.15) is 5.60 Å². The third kappa shape index (κ3) is 4.21. The highest BCUT2D eigenvalue weighted by Gasteiger charge is 2.25. The standard InChI is InChI=1S/C8H17NO4/c1-6(2)7(12)9-13-8(3,4-10)5-11/h6,10-11H,4-5H2,1-3H3,(H,9,12). The van der Waals surface area contributed by atoms with Crippen LogP contribution in [0, 0.1) is 5.92 Å². The highest BCUT2D eigenvalue weighted by Crippen LogP contribution is 2.06. The molecule has 13 heavy (non-hydrogen) atoms. The number of amides is 1. The molecule has 0 heterocycles. The molecule has 0 fully saturated rings. The highest BCUT2D eigenvalue weighted by molar-refractivity contribution is 5.76. The van der Waals surface area contributed by atoms with E-state index in [2.05, 4.69) is 5.48 Å². The van der Waals surface area contributed by atoms with Gasteiger partial charge in [-0.2, -0.15) is 0 Å². The van der Waals surface area contributed by atoms with Gasteiger partial charge in [-0.1, -0.05) is 13.8 Å². The summed E-state index contributed by atoms with van der Waals surface area (Å²) in [6, 6.07) is 0. The van der Waals surface area contributed by atoms with Gasteiger partial charge < -0.3 is 10.2 Å². The van der Waals surface area contributed by atoms with Gasteiger partial charge in [0.05, 0.1) is 13.2 Å². The van der Waals surface area contributed by atoms with Crippen LogP contribution in [0.1, 0.15) is 20.8 Å². The van der Waals surface area contributed by atoms with Crippen molar-refractivity contribution in [1.29, 1.82) is 0 Å². The molecule has 0 bridgehead atoms. The number of carbonyl (C=O) groups excluding carboxylic acids is 1. The molecular weight excluding hydrogens is 174 g/mol. The van der Waals surface area contributed by atoms with Gasteiger partial charge >= 0.3 is 0 Å². The third-order valence-electron chi connectivity index (χ3n) is 1.59. The van der Waals surface area contributed by atoms with Crippen LogP contribution in [0.25, 0.3) is 0 Å².